The molecule has 1 N–H and O–H groups in total. The van der Waals surface area contributed by atoms with E-state index in [0.29, 0.717) is 21.8 Å². The fourth-order valence-corrected chi connectivity index (χ4v) is 3.31. The number of carbonyl (C=O) groups is 2. The van der Waals surface area contributed by atoms with Gasteiger partial charge >= 0.3 is 5.97 Å². The van der Waals surface area contributed by atoms with Crippen LogP contribution in [0.5, 0.6) is 0 Å². The minimum Gasteiger partial charge on any atom is -0.468 e. The Kier molecular flexibility index (Phi) is 4.77. The molecule has 2 aromatic carbocycles. The molecule has 25 heavy (non-hydrogen) atoms. The third-order valence-corrected chi connectivity index (χ3v) is 4.73. The minimum atomic E-state index is -0.999. The highest BCUT2D eigenvalue weighted by molar-refractivity contribution is 6.31. The molecule has 1 fully saturated rings. The Morgan fingerprint density at radius 2 is 1.88 bits per heavy atom. The fourth-order valence-electron chi connectivity index (χ4n) is 3.12. The van der Waals surface area contributed by atoms with Crippen LogP contribution in [0.2, 0.25) is 5.02 Å². The van der Waals surface area contributed by atoms with Crippen LogP contribution < -0.4 is 5.32 Å². The monoisotopic (exact) mass is 361 g/mol. The molecular formula is C19H17ClFNO3. The van der Waals surface area contributed by atoms with Crippen molar-refractivity contribution in [1.82, 2.24) is 0 Å². The minimum absolute atomic E-state index is 0.119. The lowest BCUT2D eigenvalue weighted by Gasteiger charge is -2.41. The van der Waals surface area contributed by atoms with Gasteiger partial charge in [-0.1, -0.05) is 29.8 Å². The van der Waals surface area contributed by atoms with Gasteiger partial charge in [0.2, 0.25) is 0 Å². The van der Waals surface area contributed by atoms with Gasteiger partial charge in [-0.15, -0.1) is 0 Å². The van der Waals surface area contributed by atoms with Gasteiger partial charge in [-0.2, -0.15) is 0 Å². The summed E-state index contributed by atoms with van der Waals surface area (Å²) < 4.78 is 18.2. The van der Waals surface area contributed by atoms with Gasteiger partial charge in [-0.25, -0.2) is 4.39 Å². The number of anilines is 1. The molecule has 0 aromatic heterocycles. The topological polar surface area (TPSA) is 55.4 Å². The number of halogens is 2. The molecule has 1 amide bonds. The Balaban J connectivity index is 1.76. The molecule has 1 aliphatic carbocycles. The van der Waals surface area contributed by atoms with Crippen LogP contribution in [0.25, 0.3) is 0 Å². The molecule has 0 saturated heterocycles. The largest absolute Gasteiger partial charge is 0.468 e. The van der Waals surface area contributed by atoms with Crippen LogP contribution in [-0.2, 0) is 14.9 Å². The van der Waals surface area contributed by atoms with Crippen LogP contribution in [0.4, 0.5) is 10.1 Å². The fraction of sp³-hybridized carbons (Fsp3) is 0.263. The van der Waals surface area contributed by atoms with E-state index in [1.54, 1.807) is 48.5 Å². The lowest BCUT2D eigenvalue weighted by atomic mass is 9.63. The van der Waals surface area contributed by atoms with Crippen molar-refractivity contribution in [1.29, 1.82) is 0 Å². The number of alkyl halides is 1. The maximum Gasteiger partial charge on any atom is 0.316 e. The zero-order valence-electron chi connectivity index (χ0n) is 13.6. The number of carbonyl (C=O) groups excluding carboxylic acids is 2. The van der Waals surface area contributed by atoms with E-state index < -0.39 is 17.6 Å². The molecule has 0 unspecified atom stereocenters. The van der Waals surface area contributed by atoms with Crippen LogP contribution in [0.15, 0.2) is 48.5 Å². The summed E-state index contributed by atoms with van der Waals surface area (Å²) in [5.41, 5.74) is 0.782. The lowest BCUT2D eigenvalue weighted by Crippen LogP contribution is -2.49. The number of amides is 1. The zero-order chi connectivity index (χ0) is 18.0. The summed E-state index contributed by atoms with van der Waals surface area (Å²) in [7, 11) is 1.30. The van der Waals surface area contributed by atoms with Gasteiger partial charge in [0, 0.05) is 16.3 Å². The first kappa shape index (κ1) is 17.4. The molecule has 0 radical (unpaired) electrons. The van der Waals surface area contributed by atoms with Crippen LogP contribution >= 0.6 is 11.6 Å². The van der Waals surface area contributed by atoms with Gasteiger partial charge in [0.15, 0.2) is 0 Å². The predicted octanol–water partition coefficient (Wildman–Crippen LogP) is 4.14. The highest BCUT2D eigenvalue weighted by Crippen LogP contribution is 2.46. The molecule has 0 atom stereocenters. The summed E-state index contributed by atoms with van der Waals surface area (Å²) in [4.78, 5) is 24.3. The number of nitrogens with one attached hydrogen (secondary N) is 1. The van der Waals surface area contributed by atoms with Crippen molar-refractivity contribution in [3.8, 4) is 0 Å². The smallest absolute Gasteiger partial charge is 0.316 e. The normalized spacial score (nSPS) is 22.0. The predicted molar refractivity (Wildman–Crippen MR) is 93.7 cm³/mol. The summed E-state index contributed by atoms with van der Waals surface area (Å²) >= 11 is 5.89. The summed E-state index contributed by atoms with van der Waals surface area (Å²) in [5.74, 6) is -0.720. The Morgan fingerprint density at radius 3 is 2.44 bits per heavy atom. The Morgan fingerprint density at radius 1 is 1.20 bits per heavy atom. The van der Waals surface area contributed by atoms with E-state index >= 15 is 0 Å². The van der Waals surface area contributed by atoms with E-state index in [9.17, 15) is 14.0 Å². The van der Waals surface area contributed by atoms with E-state index in [1.165, 1.54) is 7.11 Å². The number of esters is 1. The first-order chi connectivity index (χ1) is 11.9. The SMILES string of the molecule is COC(=O)C1(c2ccc(NC(=O)c3cccc(Cl)c3)cc2)CC(F)C1. The molecule has 1 aliphatic rings. The molecule has 1 saturated carbocycles. The van der Waals surface area contributed by atoms with Crippen molar-refractivity contribution in [3.63, 3.8) is 0 Å². The van der Waals surface area contributed by atoms with Crippen LogP contribution in [-0.4, -0.2) is 25.2 Å². The van der Waals surface area contributed by atoms with Crippen molar-refractivity contribution in [2.45, 2.75) is 24.4 Å². The second-order valence-corrected chi connectivity index (χ2v) is 6.56. The number of ether oxygens (including phenoxy) is 1. The van der Waals surface area contributed by atoms with Crippen molar-refractivity contribution in [2.24, 2.45) is 0 Å². The Labute approximate surface area is 149 Å². The first-order valence-electron chi connectivity index (χ1n) is 7.84. The summed E-state index contributed by atoms with van der Waals surface area (Å²) in [6, 6.07) is 13.4. The highest BCUT2D eigenvalue weighted by atomic mass is 35.5. The summed E-state index contributed by atoms with van der Waals surface area (Å²) in [5, 5.41) is 3.24. The molecule has 0 aliphatic heterocycles. The second kappa shape index (κ2) is 6.84. The first-order valence-corrected chi connectivity index (χ1v) is 8.22. The van der Waals surface area contributed by atoms with Gasteiger partial charge in [-0.3, -0.25) is 9.59 Å². The zero-order valence-corrected chi connectivity index (χ0v) is 14.3. The van der Waals surface area contributed by atoms with Crippen molar-refractivity contribution < 1.29 is 18.7 Å². The number of methoxy groups -OCH3 is 1. The maximum atomic E-state index is 13.4. The lowest BCUT2D eigenvalue weighted by molar-refractivity contribution is -0.154. The Bertz CT molecular complexity index is 801. The number of hydrogen-bond acceptors (Lipinski definition) is 3. The molecule has 0 spiro atoms. The Hall–Kier alpha value is -2.40. The maximum absolute atomic E-state index is 13.4. The quantitative estimate of drug-likeness (QED) is 0.833. The highest BCUT2D eigenvalue weighted by Gasteiger charge is 2.52. The molecule has 6 heteroatoms. The third kappa shape index (κ3) is 3.37. The standard InChI is InChI=1S/C19H17ClFNO3/c1-25-18(24)19(10-15(21)11-19)13-5-7-16(8-6-13)22-17(23)12-3-2-4-14(20)9-12/h2-9,15H,10-11H2,1H3,(H,22,23). The number of rotatable bonds is 4. The molecule has 4 nitrogen and oxygen atoms in total. The molecule has 0 bridgehead atoms. The average molecular weight is 362 g/mol. The second-order valence-electron chi connectivity index (χ2n) is 6.12. The van der Waals surface area contributed by atoms with Crippen LogP contribution in [0.1, 0.15) is 28.8 Å². The molecule has 2 aromatic rings. The summed E-state index contributed by atoms with van der Waals surface area (Å²) in [6.45, 7) is 0. The summed E-state index contributed by atoms with van der Waals surface area (Å²) in [6.07, 6.45) is -0.761. The third-order valence-electron chi connectivity index (χ3n) is 4.50. The molecular weight excluding hydrogens is 345 g/mol. The number of hydrogen-bond donors (Lipinski definition) is 1. The van der Waals surface area contributed by atoms with Gasteiger partial charge < -0.3 is 10.1 Å². The van der Waals surface area contributed by atoms with E-state index in [1.807, 2.05) is 0 Å². The molecule has 130 valence electrons. The molecule has 0 heterocycles. The van der Waals surface area contributed by atoms with Gasteiger partial charge in [0.1, 0.15) is 6.17 Å². The van der Waals surface area contributed by atoms with Gasteiger partial charge in [0.25, 0.3) is 5.91 Å². The van der Waals surface area contributed by atoms with E-state index in [0.717, 1.165) is 0 Å². The number of benzene rings is 2. The van der Waals surface area contributed by atoms with Crippen molar-refractivity contribution in [3.05, 3.63) is 64.7 Å². The van der Waals surface area contributed by atoms with Gasteiger partial charge in [0.05, 0.1) is 12.5 Å². The van der Waals surface area contributed by atoms with Crippen LogP contribution in [0, 0.1) is 0 Å². The average Bonchev–Trinajstić information content (AvgIpc) is 2.59. The van der Waals surface area contributed by atoms with Gasteiger partial charge in [-0.05, 0) is 48.7 Å². The van der Waals surface area contributed by atoms with Crippen LogP contribution in [0.3, 0.4) is 0 Å². The van der Waals surface area contributed by atoms with E-state index in [4.69, 9.17) is 16.3 Å². The van der Waals surface area contributed by atoms with Crippen molar-refractivity contribution in [2.75, 3.05) is 12.4 Å². The molecule has 3 rings (SSSR count). The van der Waals surface area contributed by atoms with E-state index in [2.05, 4.69) is 5.32 Å². The van der Waals surface area contributed by atoms with E-state index in [-0.39, 0.29) is 18.7 Å². The van der Waals surface area contributed by atoms with Crippen molar-refractivity contribution >= 4 is 29.2 Å².